The van der Waals surface area contributed by atoms with Gasteiger partial charge in [-0.2, -0.15) is 0 Å². The Balaban J connectivity index is 2.66. The molecule has 27 heavy (non-hydrogen) atoms. The molecule has 8 heteroatoms. The quantitative estimate of drug-likeness (QED) is 0.613. The number of nitrogens with zero attached hydrogens (tertiary/aromatic N) is 1. The van der Waals surface area contributed by atoms with E-state index in [0.29, 0.717) is 12.5 Å². The summed E-state index contributed by atoms with van der Waals surface area (Å²) in [5, 5.41) is 1.04. The maximum Gasteiger partial charge on any atom is 0.349 e. The van der Waals surface area contributed by atoms with Crippen molar-refractivity contribution in [2.45, 2.75) is 65.2 Å². The second kappa shape index (κ2) is 7.47. The smallest absolute Gasteiger partial charge is 0.349 e. The van der Waals surface area contributed by atoms with Gasteiger partial charge in [0.05, 0.1) is 12.6 Å². The Morgan fingerprint density at radius 1 is 0.963 bits per heavy atom. The summed E-state index contributed by atoms with van der Waals surface area (Å²) >= 11 is 0. The normalized spacial score (nSPS) is 17.5. The molecule has 0 amide bonds. The monoisotopic (exact) mass is 425 g/mol. The molecule has 0 atom stereocenters. The lowest BCUT2D eigenvalue weighted by Crippen LogP contribution is -2.61. The lowest BCUT2D eigenvalue weighted by atomic mass is 10.1. The van der Waals surface area contributed by atoms with Crippen molar-refractivity contribution in [2.75, 3.05) is 13.7 Å². The molecule has 0 bridgehead atoms. The first-order valence-corrected chi connectivity index (χ1v) is 18.6. The Bertz CT molecular complexity index is 705. The predicted octanol–water partition coefficient (Wildman–Crippen LogP) is 4.23. The molecule has 0 spiro atoms. The van der Waals surface area contributed by atoms with Crippen molar-refractivity contribution >= 4 is 36.3 Å². The molecule has 5 nitrogen and oxygen atoms in total. The topological polar surface area (TPSA) is 49.3 Å². The lowest BCUT2D eigenvalue weighted by Gasteiger charge is -2.39. The Kier molecular flexibility index (Phi) is 6.19. The molecule has 152 valence electrons. The first kappa shape index (κ1) is 22.4. The fraction of sp³-hybridized carbons (Fsp3) is 0.632. The van der Waals surface area contributed by atoms with Crippen molar-refractivity contribution in [1.29, 1.82) is 0 Å². The average molecular weight is 426 g/mol. The van der Waals surface area contributed by atoms with E-state index in [-0.39, 0.29) is 5.54 Å². The van der Waals surface area contributed by atoms with Gasteiger partial charge < -0.3 is 17.7 Å². The SMILES string of the molecule is COc1ccc(C2=NC(C)(C)CO2)c([Si](C)(O[Si](C)(C)C)O[Si](C)(C)C)c1. The van der Waals surface area contributed by atoms with Gasteiger partial charge in [0.15, 0.2) is 16.6 Å². The Morgan fingerprint density at radius 2 is 1.52 bits per heavy atom. The number of hydrogen-bond donors (Lipinski definition) is 0. The van der Waals surface area contributed by atoms with Crippen LogP contribution in [0.15, 0.2) is 23.2 Å². The van der Waals surface area contributed by atoms with Crippen LogP contribution in [0.1, 0.15) is 19.4 Å². The van der Waals surface area contributed by atoms with Crippen LogP contribution in [-0.4, -0.2) is 50.3 Å². The summed E-state index contributed by atoms with van der Waals surface area (Å²) in [6, 6.07) is 6.04. The number of benzene rings is 1. The van der Waals surface area contributed by atoms with Crippen LogP contribution in [0.3, 0.4) is 0 Å². The van der Waals surface area contributed by atoms with E-state index in [0.717, 1.165) is 16.5 Å². The summed E-state index contributed by atoms with van der Waals surface area (Å²) in [5.41, 5.74) is 0.746. The highest BCUT2D eigenvalue weighted by molar-refractivity contribution is 6.94. The largest absolute Gasteiger partial charge is 0.497 e. The van der Waals surface area contributed by atoms with E-state index in [2.05, 4.69) is 65.7 Å². The molecule has 1 aliphatic rings. The third-order valence-corrected chi connectivity index (χ3v) is 13.3. The van der Waals surface area contributed by atoms with Crippen LogP contribution in [0.4, 0.5) is 0 Å². The summed E-state index contributed by atoms with van der Waals surface area (Å²) in [7, 11) is -4.75. The summed E-state index contributed by atoms with van der Waals surface area (Å²) in [5.74, 6) is 1.47. The van der Waals surface area contributed by atoms with Crippen molar-refractivity contribution < 1.29 is 17.7 Å². The number of methoxy groups -OCH3 is 1. The van der Waals surface area contributed by atoms with Crippen LogP contribution in [0, 0.1) is 0 Å². The standard InChI is InChI=1S/C19H35NO4Si3/c1-19(2)14-22-18(20-19)16-12-11-15(21-3)13-17(16)27(10,23-25(4,5)6)24-26(7,8)9/h11-13H,14H2,1-10H3. The van der Waals surface area contributed by atoms with Gasteiger partial charge in [0.1, 0.15) is 12.4 Å². The van der Waals surface area contributed by atoms with E-state index in [9.17, 15) is 0 Å². The second-order valence-corrected chi connectivity index (χ2v) is 22.3. The molecule has 0 unspecified atom stereocenters. The summed E-state index contributed by atoms with van der Waals surface area (Å²) in [6.07, 6.45) is 0. The van der Waals surface area contributed by atoms with Crippen molar-refractivity contribution in [3.63, 3.8) is 0 Å². The minimum atomic E-state index is -2.72. The predicted molar refractivity (Wildman–Crippen MR) is 120 cm³/mol. The first-order valence-electron chi connectivity index (χ1n) is 9.46. The fourth-order valence-corrected chi connectivity index (χ4v) is 15.1. The molecule has 2 rings (SSSR count). The molecule has 0 saturated carbocycles. The molecule has 0 aromatic heterocycles. The molecule has 1 heterocycles. The van der Waals surface area contributed by atoms with Crippen LogP contribution < -0.4 is 9.92 Å². The van der Waals surface area contributed by atoms with Gasteiger partial charge >= 0.3 is 8.56 Å². The van der Waals surface area contributed by atoms with Gasteiger partial charge in [-0.25, -0.2) is 4.99 Å². The van der Waals surface area contributed by atoms with Gasteiger partial charge in [-0.15, -0.1) is 0 Å². The summed E-state index contributed by atoms with van der Waals surface area (Å²) in [4.78, 5) is 4.80. The zero-order chi connectivity index (χ0) is 20.7. The number of hydrogen-bond acceptors (Lipinski definition) is 5. The zero-order valence-electron chi connectivity index (χ0n) is 18.5. The maximum absolute atomic E-state index is 6.76. The number of aliphatic imine (C=N–C) groups is 1. The highest BCUT2D eigenvalue weighted by atomic mass is 28.5. The molecule has 0 fully saturated rings. The Morgan fingerprint density at radius 3 is 1.93 bits per heavy atom. The first-order chi connectivity index (χ1) is 12.1. The van der Waals surface area contributed by atoms with Crippen molar-refractivity contribution in [2.24, 2.45) is 4.99 Å². The van der Waals surface area contributed by atoms with Gasteiger partial charge in [-0.1, -0.05) is 0 Å². The van der Waals surface area contributed by atoms with E-state index in [1.807, 2.05) is 12.1 Å². The zero-order valence-corrected chi connectivity index (χ0v) is 21.5. The molecular weight excluding hydrogens is 390 g/mol. The van der Waals surface area contributed by atoms with Gasteiger partial charge in [0.25, 0.3) is 0 Å². The molecular formula is C19H35NO4Si3. The van der Waals surface area contributed by atoms with Crippen LogP contribution in [0.5, 0.6) is 5.75 Å². The third-order valence-electron chi connectivity index (χ3n) is 3.91. The van der Waals surface area contributed by atoms with Crippen LogP contribution in [0.2, 0.25) is 45.8 Å². The van der Waals surface area contributed by atoms with Crippen molar-refractivity contribution in [3.8, 4) is 5.75 Å². The Hall–Kier alpha value is -0.939. The van der Waals surface area contributed by atoms with E-state index in [1.54, 1.807) is 7.11 Å². The van der Waals surface area contributed by atoms with Crippen LogP contribution in [0.25, 0.3) is 0 Å². The average Bonchev–Trinajstić information content (AvgIpc) is 2.82. The van der Waals surface area contributed by atoms with E-state index < -0.39 is 25.2 Å². The van der Waals surface area contributed by atoms with Crippen LogP contribution >= 0.6 is 0 Å². The highest BCUT2D eigenvalue weighted by Gasteiger charge is 2.45. The molecule has 0 aliphatic carbocycles. The number of rotatable bonds is 7. The van der Waals surface area contributed by atoms with Gasteiger partial charge in [0.2, 0.25) is 5.90 Å². The lowest BCUT2D eigenvalue weighted by molar-refractivity contribution is 0.279. The van der Waals surface area contributed by atoms with E-state index in [4.69, 9.17) is 22.7 Å². The second-order valence-electron chi connectivity index (χ2n) is 9.80. The van der Waals surface area contributed by atoms with Crippen LogP contribution in [-0.2, 0) is 13.0 Å². The van der Waals surface area contributed by atoms with E-state index in [1.165, 1.54) is 0 Å². The minimum absolute atomic E-state index is 0.218. The highest BCUT2D eigenvalue weighted by Crippen LogP contribution is 2.27. The number of ether oxygens (including phenoxy) is 2. The van der Waals surface area contributed by atoms with Crippen molar-refractivity contribution in [1.82, 2.24) is 0 Å². The molecule has 0 saturated heterocycles. The molecule has 0 radical (unpaired) electrons. The van der Waals surface area contributed by atoms with Crippen molar-refractivity contribution in [3.05, 3.63) is 23.8 Å². The molecule has 0 N–H and O–H groups in total. The summed E-state index contributed by atoms with van der Waals surface area (Å²) < 4.78 is 25.0. The summed E-state index contributed by atoms with van der Waals surface area (Å²) in [6.45, 7) is 20.1. The molecule has 1 aromatic rings. The van der Waals surface area contributed by atoms with Gasteiger partial charge in [-0.3, -0.25) is 0 Å². The van der Waals surface area contributed by atoms with Gasteiger partial charge in [0, 0.05) is 10.8 Å². The van der Waals surface area contributed by atoms with E-state index >= 15 is 0 Å². The maximum atomic E-state index is 6.76. The van der Waals surface area contributed by atoms with Gasteiger partial charge in [-0.05, 0) is 77.9 Å². The Labute approximate surface area is 167 Å². The molecule has 1 aliphatic heterocycles. The molecule has 1 aromatic carbocycles. The minimum Gasteiger partial charge on any atom is -0.497 e. The fourth-order valence-electron chi connectivity index (χ4n) is 3.23. The third kappa shape index (κ3) is 6.02.